The van der Waals surface area contributed by atoms with Crippen molar-refractivity contribution in [3.8, 4) is 0 Å². The number of fused-ring (bicyclic) bond motifs is 4. The van der Waals surface area contributed by atoms with Crippen molar-refractivity contribution in [1.82, 2.24) is 0 Å². The molecule has 0 bridgehead atoms. The Bertz CT molecular complexity index is 1230. The van der Waals surface area contributed by atoms with E-state index < -0.39 is 12.0 Å². The van der Waals surface area contributed by atoms with Crippen LogP contribution in [0.5, 0.6) is 0 Å². The van der Waals surface area contributed by atoms with Crippen molar-refractivity contribution in [3.63, 3.8) is 0 Å². The molecule has 1 fully saturated rings. The van der Waals surface area contributed by atoms with Crippen molar-refractivity contribution in [2.75, 3.05) is 11.4 Å². The van der Waals surface area contributed by atoms with Crippen LogP contribution in [-0.4, -0.2) is 34.1 Å². The van der Waals surface area contributed by atoms with Gasteiger partial charge in [0, 0.05) is 35.4 Å². The lowest BCUT2D eigenvalue weighted by Crippen LogP contribution is -2.58. The summed E-state index contributed by atoms with van der Waals surface area (Å²) in [5.41, 5.74) is 4.56. The number of para-hydroxylation sites is 1. The molecule has 0 radical (unpaired) electrons. The zero-order valence-corrected chi connectivity index (χ0v) is 20.2. The molecule has 2 aliphatic heterocycles. The van der Waals surface area contributed by atoms with E-state index in [2.05, 4.69) is 36.1 Å². The fourth-order valence-corrected chi connectivity index (χ4v) is 8.72. The Balaban J connectivity index is 1.45. The Kier molecular flexibility index (Phi) is 5.19. The predicted molar refractivity (Wildman–Crippen MR) is 131 cm³/mol. The second-order valence-corrected chi connectivity index (χ2v) is 11.7. The van der Waals surface area contributed by atoms with Crippen LogP contribution < -0.4 is 10.0 Å². The van der Waals surface area contributed by atoms with Gasteiger partial charge in [-0.1, -0.05) is 42.0 Å². The van der Waals surface area contributed by atoms with E-state index in [0.717, 1.165) is 23.2 Å². The molecule has 0 aromatic heterocycles. The third-order valence-corrected chi connectivity index (χ3v) is 10.1. The van der Waals surface area contributed by atoms with Crippen LogP contribution in [0.25, 0.3) is 0 Å². The Labute approximate surface area is 207 Å². The van der Waals surface area contributed by atoms with Crippen LogP contribution in [0.2, 0.25) is 0 Å². The number of hydrogen-bond donors (Lipinski definition) is 0. The highest BCUT2D eigenvalue weighted by atomic mass is 35.5. The van der Waals surface area contributed by atoms with Gasteiger partial charge >= 0.3 is 0 Å². The molecule has 6 rings (SSSR count). The molecular weight excluding hydrogens is 472 g/mol. The normalized spacial score (nSPS) is 32.8. The van der Waals surface area contributed by atoms with E-state index >= 15 is 0 Å². The maximum Gasteiger partial charge on any atom is 0.282 e. The number of hydrogen-bond acceptors (Lipinski definition) is 6. The molecule has 7 atom stereocenters. The predicted octanol–water partition coefficient (Wildman–Crippen LogP) is 4.39. The molecule has 0 spiro atoms. The fraction of sp³-hybridized carbons (Fsp3) is 0.423. The number of aryl methyl sites for hydroxylation is 1. The maximum absolute atomic E-state index is 12.6. The van der Waals surface area contributed by atoms with Crippen LogP contribution in [0, 0.1) is 28.9 Å². The number of allylic oxidation sites excluding steroid dienone is 2. The Morgan fingerprint density at radius 2 is 2.00 bits per heavy atom. The lowest BCUT2D eigenvalue weighted by Gasteiger charge is -2.51. The molecule has 2 heterocycles. The van der Waals surface area contributed by atoms with E-state index in [1.165, 1.54) is 23.4 Å². The molecule has 0 unspecified atom stereocenters. The van der Waals surface area contributed by atoms with Crippen LogP contribution >= 0.6 is 23.4 Å². The monoisotopic (exact) mass is 495 g/mol. The first-order chi connectivity index (χ1) is 16.3. The van der Waals surface area contributed by atoms with Crippen LogP contribution in [0.3, 0.4) is 0 Å². The largest absolute Gasteiger partial charge is 0.548 e. The number of thioether (sulfide) groups is 1. The molecule has 0 saturated heterocycles. The van der Waals surface area contributed by atoms with Crippen LogP contribution in [-0.2, 0) is 4.79 Å². The molecule has 4 aliphatic rings. The van der Waals surface area contributed by atoms with Crippen molar-refractivity contribution >= 4 is 40.7 Å². The number of nitro groups is 1. The first-order valence-electron chi connectivity index (χ1n) is 11.7. The van der Waals surface area contributed by atoms with E-state index in [4.69, 9.17) is 11.6 Å². The van der Waals surface area contributed by atoms with Crippen LogP contribution in [0.15, 0.2) is 53.4 Å². The number of alkyl halides is 1. The van der Waals surface area contributed by atoms with Gasteiger partial charge in [-0.15, -0.1) is 23.4 Å². The second-order valence-electron chi connectivity index (χ2n) is 9.91. The number of carboxylic acid groups (broad SMARTS) is 1. The minimum Gasteiger partial charge on any atom is -0.548 e. The minimum absolute atomic E-state index is 0.0559. The molecule has 34 heavy (non-hydrogen) atoms. The SMILES string of the molecule is Cc1cc2c3c(c1)[C@H]1C=CC[C@@H]1CN3[C@@H](C(=O)[O-])[C@@H]1C[C@H](Sc3ccccc3[N+](=O)[O-])[C@H](Cl)[C@@H]21. The van der Waals surface area contributed by atoms with Crippen molar-refractivity contribution in [3.05, 3.63) is 75.4 Å². The minimum atomic E-state index is -1.06. The van der Waals surface area contributed by atoms with Crippen molar-refractivity contribution in [2.24, 2.45) is 11.8 Å². The summed E-state index contributed by atoms with van der Waals surface area (Å²) < 4.78 is 0. The number of halogens is 1. The molecule has 8 heteroatoms. The first-order valence-corrected chi connectivity index (χ1v) is 13.0. The molecule has 2 aliphatic carbocycles. The van der Waals surface area contributed by atoms with E-state index in [9.17, 15) is 20.0 Å². The Morgan fingerprint density at radius 3 is 2.76 bits per heavy atom. The highest BCUT2D eigenvalue weighted by molar-refractivity contribution is 8.00. The summed E-state index contributed by atoms with van der Waals surface area (Å²) in [5.74, 6) is -0.739. The highest BCUT2D eigenvalue weighted by Crippen LogP contribution is 2.60. The third-order valence-electron chi connectivity index (χ3n) is 8.03. The Hall–Kier alpha value is -2.51. The lowest BCUT2D eigenvalue weighted by atomic mass is 9.71. The van der Waals surface area contributed by atoms with Gasteiger partial charge in [0.25, 0.3) is 5.69 Å². The average Bonchev–Trinajstić information content (AvgIpc) is 3.38. The van der Waals surface area contributed by atoms with E-state index in [1.807, 2.05) is 0 Å². The zero-order chi connectivity index (χ0) is 23.7. The van der Waals surface area contributed by atoms with E-state index in [0.29, 0.717) is 29.7 Å². The number of carbonyl (C=O) groups excluding carboxylic acids is 1. The first kappa shape index (κ1) is 22.0. The smallest absolute Gasteiger partial charge is 0.282 e. The summed E-state index contributed by atoms with van der Waals surface area (Å²) in [6, 6.07) is 10.3. The summed E-state index contributed by atoms with van der Waals surface area (Å²) >= 11 is 8.52. The summed E-state index contributed by atoms with van der Waals surface area (Å²) in [6.45, 7) is 2.78. The topological polar surface area (TPSA) is 86.5 Å². The third kappa shape index (κ3) is 3.20. The summed E-state index contributed by atoms with van der Waals surface area (Å²) in [4.78, 5) is 26.4. The lowest BCUT2D eigenvalue weighted by molar-refractivity contribution is -0.387. The molecule has 2 aromatic rings. The van der Waals surface area contributed by atoms with E-state index in [-0.39, 0.29) is 33.1 Å². The van der Waals surface area contributed by atoms with Gasteiger partial charge < -0.3 is 14.8 Å². The van der Waals surface area contributed by atoms with Gasteiger partial charge in [-0.2, -0.15) is 0 Å². The molecule has 0 N–H and O–H groups in total. The standard InChI is InChI=1S/C26H25ClN2O4S/c1-13-9-16-15-6-4-5-14(15)12-28-24(16)17(10-13)22-18(25(28)26(30)31)11-21(23(22)27)34-20-8-3-2-7-19(20)29(32)33/h2-4,6-10,14-15,18,21-23,25H,5,11-12H2,1H3,(H,30,31)/p-1/t14-,15+,18-,21+,22+,23+,25-/m1/s1. The van der Waals surface area contributed by atoms with E-state index in [1.54, 1.807) is 18.2 Å². The van der Waals surface area contributed by atoms with Crippen molar-refractivity contribution in [2.45, 2.75) is 53.2 Å². The van der Waals surface area contributed by atoms with Gasteiger partial charge in [-0.05, 0) is 48.8 Å². The molecule has 2 aromatic carbocycles. The highest BCUT2D eigenvalue weighted by Gasteiger charge is 2.55. The zero-order valence-electron chi connectivity index (χ0n) is 18.6. The summed E-state index contributed by atoms with van der Waals surface area (Å²) in [6.07, 6.45) is 5.99. The van der Waals surface area contributed by atoms with Gasteiger partial charge in [0.05, 0.1) is 27.2 Å². The quantitative estimate of drug-likeness (QED) is 0.270. The second kappa shape index (κ2) is 8.02. The number of aliphatic carboxylic acids is 1. The van der Waals surface area contributed by atoms with Gasteiger partial charge in [-0.25, -0.2) is 0 Å². The Morgan fingerprint density at radius 1 is 1.24 bits per heavy atom. The van der Waals surface area contributed by atoms with Gasteiger partial charge in [-0.3, -0.25) is 10.1 Å². The average molecular weight is 496 g/mol. The number of carbonyl (C=O) groups is 1. The number of rotatable bonds is 4. The van der Waals surface area contributed by atoms with Crippen LogP contribution in [0.4, 0.5) is 11.4 Å². The number of benzene rings is 2. The number of nitro benzene ring substituents is 1. The number of anilines is 1. The molecule has 0 amide bonds. The van der Waals surface area contributed by atoms with Gasteiger partial charge in [0.2, 0.25) is 0 Å². The van der Waals surface area contributed by atoms with Crippen molar-refractivity contribution in [1.29, 1.82) is 0 Å². The molecule has 6 nitrogen and oxygen atoms in total. The number of nitrogens with zero attached hydrogens (tertiary/aromatic N) is 2. The van der Waals surface area contributed by atoms with Crippen molar-refractivity contribution < 1.29 is 14.8 Å². The molecule has 176 valence electrons. The van der Waals surface area contributed by atoms with Crippen LogP contribution in [0.1, 0.15) is 41.4 Å². The van der Waals surface area contributed by atoms with Gasteiger partial charge in [0.1, 0.15) is 0 Å². The summed E-state index contributed by atoms with van der Waals surface area (Å²) in [5, 5.41) is 23.6. The maximum atomic E-state index is 12.6. The summed E-state index contributed by atoms with van der Waals surface area (Å²) in [7, 11) is 0. The fourth-order valence-electron chi connectivity index (χ4n) is 6.78. The van der Waals surface area contributed by atoms with Gasteiger partial charge in [0.15, 0.2) is 0 Å². The molecule has 1 saturated carbocycles. The molecular formula is C26H24ClN2O4S-. The number of carboxylic acids is 1.